The average molecular weight is 347 g/mol. The molecule has 1 aromatic heterocycles. The highest BCUT2D eigenvalue weighted by Gasteiger charge is 2.25. The minimum absolute atomic E-state index is 0.101. The zero-order valence-electron chi connectivity index (χ0n) is 14.2. The van der Waals surface area contributed by atoms with Gasteiger partial charge in [-0.3, -0.25) is 4.79 Å². The molecule has 2 aromatic carbocycles. The highest BCUT2D eigenvalue weighted by Crippen LogP contribution is 2.28. The Morgan fingerprint density at radius 1 is 1.08 bits per heavy atom. The summed E-state index contributed by atoms with van der Waals surface area (Å²) in [5.74, 6) is -0.344. The predicted octanol–water partition coefficient (Wildman–Crippen LogP) is 4.04. The van der Waals surface area contributed by atoms with Gasteiger partial charge in [-0.2, -0.15) is 0 Å². The molecule has 130 valence electrons. The summed E-state index contributed by atoms with van der Waals surface area (Å²) in [6.45, 7) is 1.04. The first kappa shape index (κ1) is 16.3. The fourth-order valence-electron chi connectivity index (χ4n) is 3.15. The minimum Gasteiger partial charge on any atom is -0.380 e. The van der Waals surface area contributed by atoms with Gasteiger partial charge in [-0.1, -0.05) is 36.4 Å². The van der Waals surface area contributed by atoms with Crippen LogP contribution in [0.5, 0.6) is 0 Å². The summed E-state index contributed by atoms with van der Waals surface area (Å²) < 4.78 is 13.7. The van der Waals surface area contributed by atoms with Crippen LogP contribution >= 0.6 is 0 Å². The Kier molecular flexibility index (Phi) is 4.35. The highest BCUT2D eigenvalue weighted by atomic mass is 19.1. The van der Waals surface area contributed by atoms with Gasteiger partial charge >= 0.3 is 0 Å². The van der Waals surface area contributed by atoms with Crippen molar-refractivity contribution in [3.8, 4) is 0 Å². The molecule has 0 unspecified atom stereocenters. The molecule has 0 saturated heterocycles. The molecule has 1 amide bonds. The van der Waals surface area contributed by atoms with E-state index in [0.717, 1.165) is 17.8 Å². The maximum absolute atomic E-state index is 13.7. The predicted molar refractivity (Wildman–Crippen MR) is 99.8 cm³/mol. The number of para-hydroxylation sites is 1. The number of pyridine rings is 1. The third kappa shape index (κ3) is 3.16. The van der Waals surface area contributed by atoms with E-state index in [-0.39, 0.29) is 11.7 Å². The molecule has 1 N–H and O–H groups in total. The molecule has 0 bridgehead atoms. The van der Waals surface area contributed by atoms with Crippen molar-refractivity contribution in [2.75, 3.05) is 16.8 Å². The number of hydrogen-bond acceptors (Lipinski definition) is 3. The summed E-state index contributed by atoms with van der Waals surface area (Å²) in [5, 5.41) is 3.13. The van der Waals surface area contributed by atoms with E-state index in [2.05, 4.69) is 10.3 Å². The topological polar surface area (TPSA) is 45.2 Å². The van der Waals surface area contributed by atoms with Crippen molar-refractivity contribution in [3.05, 3.63) is 89.5 Å². The second-order valence-corrected chi connectivity index (χ2v) is 6.21. The van der Waals surface area contributed by atoms with Crippen molar-refractivity contribution in [1.29, 1.82) is 0 Å². The lowest BCUT2D eigenvalue weighted by Crippen LogP contribution is -2.29. The summed E-state index contributed by atoms with van der Waals surface area (Å²) in [4.78, 5) is 18.8. The third-order valence-corrected chi connectivity index (χ3v) is 4.56. The lowest BCUT2D eigenvalue weighted by molar-refractivity contribution is 0.0984. The van der Waals surface area contributed by atoms with Gasteiger partial charge in [0.05, 0.1) is 11.9 Å². The van der Waals surface area contributed by atoms with E-state index in [1.54, 1.807) is 41.4 Å². The molecule has 3 aromatic rings. The molecule has 0 radical (unpaired) electrons. The van der Waals surface area contributed by atoms with E-state index >= 15 is 0 Å². The van der Waals surface area contributed by atoms with Gasteiger partial charge < -0.3 is 10.2 Å². The van der Waals surface area contributed by atoms with Gasteiger partial charge in [0, 0.05) is 24.3 Å². The Balaban J connectivity index is 1.45. The smallest absolute Gasteiger partial charge is 0.276 e. The number of nitrogens with zero attached hydrogens (tertiary/aromatic N) is 2. The molecule has 5 heteroatoms. The molecule has 4 nitrogen and oxygen atoms in total. The fourth-order valence-corrected chi connectivity index (χ4v) is 3.15. The van der Waals surface area contributed by atoms with Gasteiger partial charge in [0.15, 0.2) is 0 Å². The largest absolute Gasteiger partial charge is 0.380 e. The van der Waals surface area contributed by atoms with Crippen LogP contribution in [0.2, 0.25) is 0 Å². The normalized spacial score (nSPS) is 12.7. The number of fused-ring (bicyclic) bond motifs is 1. The van der Waals surface area contributed by atoms with E-state index in [1.807, 2.05) is 24.3 Å². The quantitative estimate of drug-likeness (QED) is 0.775. The maximum Gasteiger partial charge on any atom is 0.276 e. The Hall–Kier alpha value is -3.21. The highest BCUT2D eigenvalue weighted by molar-refractivity contribution is 6.06. The lowest BCUT2D eigenvalue weighted by Gasteiger charge is -2.17. The standard InChI is InChI=1S/C21H18FN3O/c22-18-7-3-1-6-16(18)13-23-17-9-10-19(24-14-17)21(26)25-12-11-15-5-2-4-8-20(15)25/h1-10,14,23H,11-13H2. The number of anilines is 2. The molecule has 26 heavy (non-hydrogen) atoms. The molecule has 4 rings (SSSR count). The molecule has 1 aliphatic heterocycles. The summed E-state index contributed by atoms with van der Waals surface area (Å²) in [7, 11) is 0. The number of carbonyl (C=O) groups excluding carboxylic acids is 1. The number of benzene rings is 2. The Morgan fingerprint density at radius 2 is 1.88 bits per heavy atom. The van der Waals surface area contributed by atoms with Crippen molar-refractivity contribution in [1.82, 2.24) is 4.98 Å². The number of halogens is 1. The van der Waals surface area contributed by atoms with E-state index in [0.29, 0.717) is 24.3 Å². The van der Waals surface area contributed by atoms with Crippen LogP contribution in [0.1, 0.15) is 21.6 Å². The van der Waals surface area contributed by atoms with Crippen LogP contribution in [0.15, 0.2) is 66.9 Å². The van der Waals surface area contributed by atoms with Crippen LogP contribution in [-0.4, -0.2) is 17.4 Å². The second kappa shape index (κ2) is 6.96. The molecule has 1 aliphatic rings. The van der Waals surface area contributed by atoms with E-state index in [4.69, 9.17) is 0 Å². The number of carbonyl (C=O) groups is 1. The van der Waals surface area contributed by atoms with E-state index in [9.17, 15) is 9.18 Å². The zero-order valence-corrected chi connectivity index (χ0v) is 14.2. The first-order valence-electron chi connectivity index (χ1n) is 8.55. The monoisotopic (exact) mass is 347 g/mol. The molecule has 0 aliphatic carbocycles. The van der Waals surface area contributed by atoms with Crippen LogP contribution in [0.3, 0.4) is 0 Å². The van der Waals surface area contributed by atoms with Crippen LogP contribution in [-0.2, 0) is 13.0 Å². The molecule has 0 fully saturated rings. The molecule has 0 saturated carbocycles. The Bertz CT molecular complexity index is 940. The number of aromatic nitrogens is 1. The Morgan fingerprint density at radius 3 is 2.69 bits per heavy atom. The molecule has 0 spiro atoms. The first-order valence-corrected chi connectivity index (χ1v) is 8.55. The van der Waals surface area contributed by atoms with Crippen molar-refractivity contribution >= 4 is 17.3 Å². The van der Waals surface area contributed by atoms with Crippen molar-refractivity contribution in [3.63, 3.8) is 0 Å². The number of amides is 1. The summed E-state index contributed by atoms with van der Waals surface area (Å²) in [5.41, 5.74) is 3.87. The average Bonchev–Trinajstić information content (AvgIpc) is 3.11. The van der Waals surface area contributed by atoms with Gasteiger partial charge in [0.1, 0.15) is 11.5 Å². The van der Waals surface area contributed by atoms with Gasteiger partial charge in [-0.05, 0) is 36.2 Å². The SMILES string of the molecule is O=C(c1ccc(NCc2ccccc2F)cn1)N1CCc2ccccc21. The third-order valence-electron chi connectivity index (χ3n) is 4.56. The van der Waals surface area contributed by atoms with Gasteiger partial charge in [0.25, 0.3) is 5.91 Å². The number of rotatable bonds is 4. The van der Waals surface area contributed by atoms with Gasteiger partial charge in [-0.25, -0.2) is 9.37 Å². The summed E-state index contributed by atoms with van der Waals surface area (Å²) in [6.07, 6.45) is 2.47. The summed E-state index contributed by atoms with van der Waals surface area (Å²) in [6, 6.07) is 18.1. The second-order valence-electron chi connectivity index (χ2n) is 6.21. The zero-order chi connectivity index (χ0) is 17.9. The lowest BCUT2D eigenvalue weighted by atomic mass is 10.2. The molecular formula is C21H18FN3O. The van der Waals surface area contributed by atoms with Crippen molar-refractivity contribution in [2.45, 2.75) is 13.0 Å². The van der Waals surface area contributed by atoms with Gasteiger partial charge in [-0.15, -0.1) is 0 Å². The van der Waals surface area contributed by atoms with Crippen molar-refractivity contribution in [2.24, 2.45) is 0 Å². The van der Waals surface area contributed by atoms with Crippen LogP contribution in [0, 0.1) is 5.82 Å². The number of nitrogens with one attached hydrogen (secondary N) is 1. The number of hydrogen-bond donors (Lipinski definition) is 1. The van der Waals surface area contributed by atoms with E-state index in [1.165, 1.54) is 11.6 Å². The van der Waals surface area contributed by atoms with Crippen molar-refractivity contribution < 1.29 is 9.18 Å². The van der Waals surface area contributed by atoms with Crippen LogP contribution in [0.4, 0.5) is 15.8 Å². The van der Waals surface area contributed by atoms with Crippen LogP contribution in [0.25, 0.3) is 0 Å². The minimum atomic E-state index is -0.243. The maximum atomic E-state index is 13.7. The van der Waals surface area contributed by atoms with Gasteiger partial charge in [0.2, 0.25) is 0 Å². The Labute approximate surface area is 151 Å². The molecule has 0 atom stereocenters. The molecular weight excluding hydrogens is 329 g/mol. The summed E-state index contributed by atoms with van der Waals surface area (Å²) >= 11 is 0. The first-order chi connectivity index (χ1) is 12.7. The van der Waals surface area contributed by atoms with E-state index < -0.39 is 0 Å². The fraction of sp³-hybridized carbons (Fsp3) is 0.143. The molecule has 2 heterocycles. The van der Waals surface area contributed by atoms with Crippen LogP contribution < -0.4 is 10.2 Å².